The van der Waals surface area contributed by atoms with E-state index < -0.39 is 23.4 Å². The zero-order valence-electron chi connectivity index (χ0n) is 16.0. The maximum absolute atomic E-state index is 13.8. The number of ketones is 1. The van der Waals surface area contributed by atoms with Gasteiger partial charge in [-0.2, -0.15) is 21.9 Å². The Morgan fingerprint density at radius 3 is 2.43 bits per heavy atom. The van der Waals surface area contributed by atoms with Gasteiger partial charge in [-0.15, -0.1) is 0 Å². The van der Waals surface area contributed by atoms with E-state index in [4.69, 9.17) is 0 Å². The molecule has 0 bridgehead atoms. The van der Waals surface area contributed by atoms with Gasteiger partial charge >= 0.3 is 0 Å². The van der Waals surface area contributed by atoms with Crippen LogP contribution in [0.2, 0.25) is 0 Å². The lowest BCUT2D eigenvalue weighted by molar-refractivity contribution is 0.0951. The standard InChI is InChI=1S/C25H17N3OS/c26-15-25(16-27)21-11-10-17-6-4-5-9-20(17)28(21)23(24(29)19-12-13-30-14-19)22(25)18-7-2-1-3-8-18/h1-14,21-23H. The molecule has 0 N–H and O–H groups in total. The van der Waals surface area contributed by atoms with Crippen molar-refractivity contribution in [3.8, 4) is 12.1 Å². The Labute approximate surface area is 178 Å². The van der Waals surface area contributed by atoms with Crippen molar-refractivity contribution in [2.75, 3.05) is 4.90 Å². The van der Waals surface area contributed by atoms with Crippen LogP contribution >= 0.6 is 11.3 Å². The van der Waals surface area contributed by atoms with Crippen LogP contribution in [0, 0.1) is 28.1 Å². The molecule has 0 aliphatic carbocycles. The van der Waals surface area contributed by atoms with E-state index in [0.29, 0.717) is 5.56 Å². The maximum atomic E-state index is 13.8. The van der Waals surface area contributed by atoms with Crippen molar-refractivity contribution in [2.24, 2.45) is 5.41 Å². The van der Waals surface area contributed by atoms with Crippen molar-refractivity contribution in [1.29, 1.82) is 10.5 Å². The first kappa shape index (κ1) is 18.4. The summed E-state index contributed by atoms with van der Waals surface area (Å²) in [6, 6.07) is 22.7. The number of carbonyl (C=O) groups is 1. The molecule has 0 spiro atoms. The monoisotopic (exact) mass is 407 g/mol. The van der Waals surface area contributed by atoms with Gasteiger partial charge in [0.2, 0.25) is 0 Å². The van der Waals surface area contributed by atoms with Gasteiger partial charge in [0.05, 0.1) is 18.2 Å². The second-order valence-electron chi connectivity index (χ2n) is 7.57. The molecule has 4 nitrogen and oxygen atoms in total. The van der Waals surface area contributed by atoms with Gasteiger partial charge < -0.3 is 4.90 Å². The molecule has 0 radical (unpaired) electrons. The van der Waals surface area contributed by atoms with Crippen molar-refractivity contribution in [2.45, 2.75) is 18.0 Å². The minimum Gasteiger partial charge on any atom is -0.351 e. The zero-order valence-corrected chi connectivity index (χ0v) is 16.8. The van der Waals surface area contributed by atoms with Crippen molar-refractivity contribution < 1.29 is 4.79 Å². The topological polar surface area (TPSA) is 67.9 Å². The molecule has 1 saturated heterocycles. The van der Waals surface area contributed by atoms with Crippen molar-refractivity contribution in [3.05, 3.63) is 94.2 Å². The molecule has 3 atom stereocenters. The average Bonchev–Trinajstić information content (AvgIpc) is 3.44. The molecule has 3 unspecified atom stereocenters. The highest BCUT2D eigenvalue weighted by molar-refractivity contribution is 7.08. The number of benzene rings is 2. The molecule has 1 aromatic heterocycles. The molecule has 2 aromatic carbocycles. The second-order valence-corrected chi connectivity index (χ2v) is 8.35. The van der Waals surface area contributed by atoms with Crippen molar-refractivity contribution >= 4 is 28.9 Å². The summed E-state index contributed by atoms with van der Waals surface area (Å²) in [6.45, 7) is 0. The quantitative estimate of drug-likeness (QED) is 0.571. The van der Waals surface area contributed by atoms with E-state index in [1.54, 1.807) is 0 Å². The summed E-state index contributed by atoms with van der Waals surface area (Å²) < 4.78 is 0. The summed E-state index contributed by atoms with van der Waals surface area (Å²) in [7, 11) is 0. The van der Waals surface area contributed by atoms with Crippen LogP contribution in [0.4, 0.5) is 5.69 Å². The molecule has 0 saturated carbocycles. The van der Waals surface area contributed by atoms with Crippen LogP contribution in [0.15, 0.2) is 77.5 Å². The Balaban J connectivity index is 1.80. The molecular weight excluding hydrogens is 390 g/mol. The number of carbonyl (C=O) groups excluding carboxylic acids is 1. The van der Waals surface area contributed by atoms with Gasteiger partial charge in [0.1, 0.15) is 6.04 Å². The van der Waals surface area contributed by atoms with Crippen molar-refractivity contribution in [3.63, 3.8) is 0 Å². The van der Waals surface area contributed by atoms with Crippen LogP contribution in [0.1, 0.15) is 27.4 Å². The molecular formula is C25H17N3OS. The van der Waals surface area contributed by atoms with Gasteiger partial charge in [-0.25, -0.2) is 0 Å². The predicted molar refractivity (Wildman–Crippen MR) is 117 cm³/mol. The number of anilines is 1. The van der Waals surface area contributed by atoms with E-state index in [-0.39, 0.29) is 5.78 Å². The number of hydrogen-bond donors (Lipinski definition) is 0. The molecule has 0 amide bonds. The lowest BCUT2D eigenvalue weighted by atomic mass is 9.69. The number of thiophene rings is 1. The Morgan fingerprint density at radius 2 is 1.73 bits per heavy atom. The van der Waals surface area contributed by atoms with E-state index in [0.717, 1.165) is 16.8 Å². The van der Waals surface area contributed by atoms with Gasteiger partial charge in [0, 0.05) is 22.5 Å². The Hall–Kier alpha value is -3.67. The molecule has 2 aliphatic rings. The summed E-state index contributed by atoms with van der Waals surface area (Å²) in [5.41, 5.74) is 1.92. The number of rotatable bonds is 3. The first-order valence-corrected chi connectivity index (χ1v) is 10.6. The van der Waals surface area contributed by atoms with Gasteiger partial charge in [0.25, 0.3) is 0 Å². The maximum Gasteiger partial charge on any atom is 0.186 e. The molecule has 1 fully saturated rings. The first-order valence-electron chi connectivity index (χ1n) is 9.70. The van der Waals surface area contributed by atoms with Gasteiger partial charge in [-0.05, 0) is 28.6 Å². The molecule has 144 valence electrons. The highest BCUT2D eigenvalue weighted by Crippen LogP contribution is 2.55. The highest BCUT2D eigenvalue weighted by Gasteiger charge is 2.63. The summed E-state index contributed by atoms with van der Waals surface area (Å²) in [5, 5.41) is 24.4. The van der Waals surface area contributed by atoms with E-state index in [1.165, 1.54) is 11.3 Å². The minimum atomic E-state index is -1.39. The SMILES string of the molecule is N#CC1(C#N)C(c2ccccc2)C(C(=O)c2ccsc2)N2c3ccccc3C=CC21. The fraction of sp³-hybridized carbons (Fsp3) is 0.160. The average molecular weight is 407 g/mol. The largest absolute Gasteiger partial charge is 0.351 e. The number of nitrogens with zero attached hydrogens (tertiary/aromatic N) is 3. The van der Waals surface area contributed by atoms with Crippen LogP contribution in [0.25, 0.3) is 6.08 Å². The van der Waals surface area contributed by atoms with Crippen molar-refractivity contribution in [1.82, 2.24) is 0 Å². The fourth-order valence-corrected chi connectivity index (χ4v) is 5.49. The normalized spacial score (nSPS) is 23.1. The Morgan fingerprint density at radius 1 is 1.00 bits per heavy atom. The van der Waals surface area contributed by atoms with Crippen LogP contribution in [-0.4, -0.2) is 17.9 Å². The zero-order chi connectivity index (χ0) is 20.7. The van der Waals surface area contributed by atoms with Crippen LogP contribution in [-0.2, 0) is 0 Å². The summed E-state index contributed by atoms with van der Waals surface area (Å²) >= 11 is 1.47. The third-order valence-electron chi connectivity index (χ3n) is 6.15. The molecule has 30 heavy (non-hydrogen) atoms. The van der Waals surface area contributed by atoms with Crippen LogP contribution in [0.5, 0.6) is 0 Å². The molecule has 2 aliphatic heterocycles. The fourth-order valence-electron chi connectivity index (χ4n) is 4.84. The molecule has 3 heterocycles. The van der Waals surface area contributed by atoms with E-state index in [9.17, 15) is 15.3 Å². The number of para-hydroxylation sites is 1. The smallest absolute Gasteiger partial charge is 0.186 e. The number of hydrogen-bond acceptors (Lipinski definition) is 5. The Kier molecular flexibility index (Phi) is 4.28. The second kappa shape index (κ2) is 6.99. The third-order valence-corrected chi connectivity index (χ3v) is 6.83. The summed E-state index contributed by atoms with van der Waals surface area (Å²) in [5.74, 6) is -0.644. The molecule has 5 heteroatoms. The number of nitriles is 2. The highest BCUT2D eigenvalue weighted by atomic mass is 32.1. The van der Waals surface area contributed by atoms with Crippen LogP contribution < -0.4 is 4.90 Å². The Bertz CT molecular complexity index is 1200. The first-order chi connectivity index (χ1) is 14.7. The van der Waals surface area contributed by atoms with E-state index in [2.05, 4.69) is 12.1 Å². The number of Topliss-reactive ketones (excluding diaryl/α,β-unsaturated/α-hetero) is 1. The number of fused-ring (bicyclic) bond motifs is 3. The summed E-state index contributed by atoms with van der Waals surface area (Å²) in [4.78, 5) is 15.8. The van der Waals surface area contributed by atoms with Gasteiger partial charge in [-0.1, -0.05) is 60.7 Å². The van der Waals surface area contributed by atoms with Gasteiger partial charge in [0.15, 0.2) is 11.2 Å². The third kappa shape index (κ3) is 2.46. The van der Waals surface area contributed by atoms with E-state index >= 15 is 0 Å². The lowest BCUT2D eigenvalue weighted by Gasteiger charge is -2.35. The molecule has 3 aromatic rings. The minimum absolute atomic E-state index is 0.0624. The van der Waals surface area contributed by atoms with Crippen LogP contribution in [0.3, 0.4) is 0 Å². The van der Waals surface area contributed by atoms with E-state index in [1.807, 2.05) is 88.5 Å². The predicted octanol–water partition coefficient (Wildman–Crippen LogP) is 5.03. The van der Waals surface area contributed by atoms with Gasteiger partial charge in [-0.3, -0.25) is 4.79 Å². The molecule has 5 rings (SSSR count). The lowest BCUT2D eigenvalue weighted by Crippen LogP contribution is -2.44. The summed E-state index contributed by atoms with van der Waals surface area (Å²) in [6.07, 6.45) is 3.87.